The lowest BCUT2D eigenvalue weighted by molar-refractivity contribution is 0.464. The Kier molecular flexibility index (Phi) is 3.59. The monoisotopic (exact) mass is 309 g/mol. The Morgan fingerprint density at radius 1 is 1.13 bits per heavy atom. The second-order valence-corrected chi connectivity index (χ2v) is 5.68. The van der Waals surface area contributed by atoms with Crippen LogP contribution in [0.5, 0.6) is 11.6 Å². The van der Waals surface area contributed by atoms with E-state index in [1.165, 1.54) is 0 Å². The second-order valence-electron chi connectivity index (χ2n) is 5.68. The van der Waals surface area contributed by atoms with Crippen LogP contribution in [0.2, 0.25) is 0 Å². The molecule has 1 aliphatic heterocycles. The fraction of sp³-hybridized carbons (Fsp3) is 0.294. The molecule has 2 aromatic heterocycles. The summed E-state index contributed by atoms with van der Waals surface area (Å²) in [6, 6.07) is 9.84. The number of fused-ring (bicyclic) bond motifs is 1. The van der Waals surface area contributed by atoms with Gasteiger partial charge in [0.2, 0.25) is 11.8 Å². The highest BCUT2D eigenvalue weighted by Gasteiger charge is 2.15. The lowest BCUT2D eigenvalue weighted by Crippen LogP contribution is -2.44. The number of aryl methyl sites for hydroxylation is 1. The average molecular weight is 309 g/mol. The summed E-state index contributed by atoms with van der Waals surface area (Å²) in [4.78, 5) is 14.5. The lowest BCUT2D eigenvalue weighted by atomic mass is 10.2. The van der Waals surface area contributed by atoms with Gasteiger partial charge in [-0.05, 0) is 25.1 Å². The number of H-pyrrole nitrogens is 1. The number of anilines is 1. The molecule has 1 saturated heterocycles. The van der Waals surface area contributed by atoms with Gasteiger partial charge in [-0.15, -0.1) is 0 Å². The smallest absolute Gasteiger partial charge is 0.228 e. The number of benzene rings is 1. The van der Waals surface area contributed by atoms with Crippen LogP contribution in [-0.4, -0.2) is 41.1 Å². The number of nitrogens with zero attached hydrogens (tertiary/aromatic N) is 3. The summed E-state index contributed by atoms with van der Waals surface area (Å²) in [5, 5.41) is 4.39. The average Bonchev–Trinajstić information content (AvgIpc) is 3.05. The molecule has 3 heterocycles. The quantitative estimate of drug-likeness (QED) is 0.778. The van der Waals surface area contributed by atoms with Crippen molar-refractivity contribution < 1.29 is 4.74 Å². The van der Waals surface area contributed by atoms with Gasteiger partial charge in [0.1, 0.15) is 5.75 Å². The number of ether oxygens (including phenoxy) is 1. The van der Waals surface area contributed by atoms with E-state index >= 15 is 0 Å². The molecule has 3 aromatic rings. The second kappa shape index (κ2) is 5.89. The summed E-state index contributed by atoms with van der Waals surface area (Å²) >= 11 is 0. The van der Waals surface area contributed by atoms with E-state index < -0.39 is 0 Å². The minimum Gasteiger partial charge on any atom is -0.438 e. The molecule has 0 saturated carbocycles. The molecule has 0 atom stereocenters. The molecule has 0 spiro atoms. The first-order chi connectivity index (χ1) is 11.3. The molecule has 0 unspecified atom stereocenters. The molecule has 4 rings (SSSR count). The molecular formula is C17H19N5O. The van der Waals surface area contributed by atoms with E-state index in [4.69, 9.17) is 4.74 Å². The van der Waals surface area contributed by atoms with E-state index in [1.54, 1.807) is 0 Å². The van der Waals surface area contributed by atoms with Crippen molar-refractivity contribution in [3.63, 3.8) is 0 Å². The van der Waals surface area contributed by atoms with Gasteiger partial charge < -0.3 is 19.9 Å². The molecule has 1 aromatic carbocycles. The summed E-state index contributed by atoms with van der Waals surface area (Å²) in [5.41, 5.74) is 1.96. The third-order valence-electron chi connectivity index (χ3n) is 3.99. The van der Waals surface area contributed by atoms with Gasteiger partial charge in [0.05, 0.1) is 0 Å². The number of aromatic amines is 1. The topological polar surface area (TPSA) is 66.1 Å². The maximum Gasteiger partial charge on any atom is 0.228 e. The van der Waals surface area contributed by atoms with Gasteiger partial charge >= 0.3 is 0 Å². The summed E-state index contributed by atoms with van der Waals surface area (Å²) < 4.78 is 6.05. The highest BCUT2D eigenvalue weighted by molar-refractivity contribution is 5.85. The van der Waals surface area contributed by atoms with Crippen LogP contribution < -0.4 is 15.0 Å². The van der Waals surface area contributed by atoms with Crippen molar-refractivity contribution in [2.24, 2.45) is 0 Å². The number of nitrogens with one attached hydrogen (secondary N) is 2. The number of hydrogen-bond donors (Lipinski definition) is 2. The first kappa shape index (κ1) is 14.0. The van der Waals surface area contributed by atoms with Crippen molar-refractivity contribution in [2.45, 2.75) is 6.92 Å². The highest BCUT2D eigenvalue weighted by atomic mass is 16.5. The molecule has 23 heavy (non-hydrogen) atoms. The largest absolute Gasteiger partial charge is 0.438 e. The third kappa shape index (κ3) is 2.85. The van der Waals surface area contributed by atoms with Crippen LogP contribution in [0.1, 0.15) is 5.69 Å². The molecule has 6 nitrogen and oxygen atoms in total. The van der Waals surface area contributed by atoms with Gasteiger partial charge in [0.15, 0.2) is 0 Å². The SMILES string of the molecule is Cc1cc(Oc2cccc3[nH]ccc23)nc(N2CCNCC2)n1. The predicted octanol–water partition coefficient (Wildman–Crippen LogP) is 2.47. The molecular weight excluding hydrogens is 290 g/mol. The van der Waals surface area contributed by atoms with E-state index in [1.807, 2.05) is 43.5 Å². The zero-order valence-electron chi connectivity index (χ0n) is 13.0. The van der Waals surface area contributed by atoms with E-state index in [0.29, 0.717) is 5.88 Å². The molecule has 1 fully saturated rings. The Bertz CT molecular complexity index is 823. The Labute approximate surface area is 134 Å². The molecule has 2 N–H and O–H groups in total. The lowest BCUT2D eigenvalue weighted by Gasteiger charge is -2.27. The molecule has 1 aliphatic rings. The number of hydrogen-bond acceptors (Lipinski definition) is 5. The Morgan fingerprint density at radius 3 is 2.87 bits per heavy atom. The van der Waals surface area contributed by atoms with E-state index in [9.17, 15) is 0 Å². The van der Waals surface area contributed by atoms with Crippen LogP contribution in [-0.2, 0) is 0 Å². The van der Waals surface area contributed by atoms with Gasteiger partial charge in [-0.25, -0.2) is 4.98 Å². The van der Waals surface area contributed by atoms with Crippen molar-refractivity contribution in [1.82, 2.24) is 20.3 Å². The molecule has 0 radical (unpaired) electrons. The van der Waals surface area contributed by atoms with Gasteiger partial charge in [-0.3, -0.25) is 0 Å². The third-order valence-corrected chi connectivity index (χ3v) is 3.99. The van der Waals surface area contributed by atoms with Gasteiger partial charge in [-0.1, -0.05) is 6.07 Å². The predicted molar refractivity (Wildman–Crippen MR) is 90.2 cm³/mol. The maximum absolute atomic E-state index is 6.05. The summed E-state index contributed by atoms with van der Waals surface area (Å²) in [6.45, 7) is 5.70. The Hall–Kier alpha value is -2.60. The molecule has 0 aliphatic carbocycles. The van der Waals surface area contributed by atoms with Gasteiger partial charge in [0, 0.05) is 55.0 Å². The molecule has 118 valence electrons. The van der Waals surface area contributed by atoms with E-state index in [0.717, 1.165) is 54.5 Å². The van der Waals surface area contributed by atoms with Crippen molar-refractivity contribution in [3.05, 3.63) is 42.2 Å². The van der Waals surface area contributed by atoms with Crippen molar-refractivity contribution >= 4 is 16.9 Å². The summed E-state index contributed by atoms with van der Waals surface area (Å²) in [5.74, 6) is 2.12. The van der Waals surface area contributed by atoms with Crippen LogP contribution in [0.4, 0.5) is 5.95 Å². The fourth-order valence-electron chi connectivity index (χ4n) is 2.84. The summed E-state index contributed by atoms with van der Waals surface area (Å²) in [7, 11) is 0. The van der Waals surface area contributed by atoms with Crippen LogP contribution in [0.15, 0.2) is 36.5 Å². The fourth-order valence-corrected chi connectivity index (χ4v) is 2.84. The zero-order chi connectivity index (χ0) is 15.6. The van der Waals surface area contributed by atoms with Crippen molar-refractivity contribution in [1.29, 1.82) is 0 Å². The number of aromatic nitrogens is 3. The van der Waals surface area contributed by atoms with Gasteiger partial charge in [0.25, 0.3) is 0 Å². The Balaban J connectivity index is 1.66. The number of rotatable bonds is 3. The van der Waals surface area contributed by atoms with Crippen molar-refractivity contribution in [2.75, 3.05) is 31.1 Å². The zero-order valence-corrected chi connectivity index (χ0v) is 13.0. The first-order valence-corrected chi connectivity index (χ1v) is 7.85. The maximum atomic E-state index is 6.05. The Morgan fingerprint density at radius 2 is 2.00 bits per heavy atom. The minimum absolute atomic E-state index is 0.583. The van der Waals surface area contributed by atoms with Crippen LogP contribution in [0, 0.1) is 6.92 Å². The molecule has 0 amide bonds. The first-order valence-electron chi connectivity index (χ1n) is 7.85. The van der Waals surface area contributed by atoms with E-state index in [-0.39, 0.29) is 0 Å². The van der Waals surface area contributed by atoms with Crippen LogP contribution in [0.25, 0.3) is 10.9 Å². The van der Waals surface area contributed by atoms with E-state index in [2.05, 4.69) is 25.2 Å². The molecule has 0 bridgehead atoms. The van der Waals surface area contributed by atoms with Crippen LogP contribution >= 0.6 is 0 Å². The minimum atomic E-state index is 0.583. The molecule has 6 heteroatoms. The number of piperazine rings is 1. The van der Waals surface area contributed by atoms with Crippen LogP contribution in [0.3, 0.4) is 0 Å². The normalized spacial score (nSPS) is 15.1. The summed E-state index contributed by atoms with van der Waals surface area (Å²) in [6.07, 6.45) is 1.91. The van der Waals surface area contributed by atoms with Crippen molar-refractivity contribution in [3.8, 4) is 11.6 Å². The van der Waals surface area contributed by atoms with Gasteiger partial charge in [-0.2, -0.15) is 4.98 Å². The highest BCUT2D eigenvalue weighted by Crippen LogP contribution is 2.29. The standard InChI is InChI=1S/C17H19N5O/c1-12-11-16(21-17(20-12)22-9-7-18-8-10-22)23-15-4-2-3-14-13(15)5-6-19-14/h2-6,11,18-19H,7-10H2,1H3.